The summed E-state index contributed by atoms with van der Waals surface area (Å²) in [4.78, 5) is 6.18. The fourth-order valence-corrected chi connectivity index (χ4v) is 1.82. The number of hydrogen-bond donors (Lipinski definition) is 0. The molecule has 0 saturated carbocycles. The summed E-state index contributed by atoms with van der Waals surface area (Å²) < 4.78 is 0. The molecule has 0 N–H and O–H groups in total. The van der Waals surface area contributed by atoms with Crippen LogP contribution in [0.5, 0.6) is 0 Å². The Morgan fingerprint density at radius 1 is 1.00 bits per heavy atom. The minimum absolute atomic E-state index is 0.955. The van der Waals surface area contributed by atoms with Gasteiger partial charge in [-0.05, 0) is 35.7 Å². The number of hydrogen-bond acceptors (Lipinski definition) is 2. The molecule has 0 radical (unpaired) electrons. The van der Waals surface area contributed by atoms with E-state index < -0.39 is 0 Å². The average Bonchev–Trinajstić information content (AvgIpc) is 2.31. The highest BCUT2D eigenvalue weighted by molar-refractivity contribution is 5.53. The Bertz CT molecular complexity index is 449. The van der Waals surface area contributed by atoms with Crippen molar-refractivity contribution < 1.29 is 0 Å². The van der Waals surface area contributed by atoms with Gasteiger partial charge in [0.05, 0.1) is 0 Å². The maximum atomic E-state index is 4.03. The fraction of sp³-hybridized carbons (Fsp3) is 0.214. The molecule has 0 fully saturated rings. The van der Waals surface area contributed by atoms with Crippen LogP contribution >= 0.6 is 0 Å². The zero-order valence-corrected chi connectivity index (χ0v) is 9.72. The van der Waals surface area contributed by atoms with Crippen molar-refractivity contribution in [1.82, 2.24) is 4.98 Å². The van der Waals surface area contributed by atoms with Crippen LogP contribution in [0, 0.1) is 0 Å². The second-order valence-electron chi connectivity index (χ2n) is 4.06. The summed E-state index contributed by atoms with van der Waals surface area (Å²) >= 11 is 0. The Morgan fingerprint density at radius 3 is 2.38 bits per heavy atom. The summed E-state index contributed by atoms with van der Waals surface area (Å²) in [6.07, 6.45) is 4.64. The predicted octanol–water partition coefficient (Wildman–Crippen LogP) is 2.74. The summed E-state index contributed by atoms with van der Waals surface area (Å²) in [7, 11) is 4.15. The number of para-hydroxylation sites is 1. The number of rotatable bonds is 3. The average molecular weight is 212 g/mol. The largest absolute Gasteiger partial charge is 0.377 e. The summed E-state index contributed by atoms with van der Waals surface area (Å²) in [5, 5.41) is 0. The molecule has 1 aromatic heterocycles. The second-order valence-corrected chi connectivity index (χ2v) is 4.06. The van der Waals surface area contributed by atoms with Crippen LogP contribution < -0.4 is 4.90 Å². The Labute approximate surface area is 96.6 Å². The van der Waals surface area contributed by atoms with Gasteiger partial charge in [-0.3, -0.25) is 4.98 Å². The van der Waals surface area contributed by atoms with Gasteiger partial charge in [0.15, 0.2) is 0 Å². The Balaban J connectivity index is 2.28. The van der Waals surface area contributed by atoms with E-state index in [1.165, 1.54) is 16.8 Å². The van der Waals surface area contributed by atoms with E-state index in [9.17, 15) is 0 Å². The molecule has 16 heavy (non-hydrogen) atoms. The summed E-state index contributed by atoms with van der Waals surface area (Å²) in [5.41, 5.74) is 3.92. The molecule has 0 aliphatic rings. The number of pyridine rings is 1. The van der Waals surface area contributed by atoms with Crippen molar-refractivity contribution in [3.8, 4) is 0 Å². The third-order valence-corrected chi connectivity index (χ3v) is 2.62. The number of benzene rings is 1. The molecule has 0 bridgehead atoms. The number of nitrogens with zero attached hydrogens (tertiary/aromatic N) is 2. The van der Waals surface area contributed by atoms with Gasteiger partial charge in [0.1, 0.15) is 0 Å². The van der Waals surface area contributed by atoms with E-state index >= 15 is 0 Å². The number of aromatic nitrogens is 1. The van der Waals surface area contributed by atoms with E-state index in [1.807, 2.05) is 12.4 Å². The van der Waals surface area contributed by atoms with Crippen LogP contribution in [0.25, 0.3) is 0 Å². The molecule has 2 heteroatoms. The standard InChI is InChI=1S/C14H16N2/c1-16(2)14-6-4-3-5-13(14)11-12-7-9-15-10-8-12/h3-10H,11H2,1-2H3. The zero-order chi connectivity index (χ0) is 11.4. The summed E-state index contributed by atoms with van der Waals surface area (Å²) in [6, 6.07) is 12.6. The third-order valence-electron chi connectivity index (χ3n) is 2.62. The Morgan fingerprint density at radius 2 is 1.69 bits per heavy atom. The molecular formula is C14H16N2. The molecule has 1 aromatic carbocycles. The molecule has 0 atom stereocenters. The van der Waals surface area contributed by atoms with Crippen LogP contribution in [0.1, 0.15) is 11.1 Å². The SMILES string of the molecule is CN(C)c1ccccc1Cc1ccncc1. The van der Waals surface area contributed by atoms with Gasteiger partial charge in [-0.15, -0.1) is 0 Å². The molecule has 0 aliphatic carbocycles. The molecular weight excluding hydrogens is 196 g/mol. The highest BCUT2D eigenvalue weighted by Gasteiger charge is 2.03. The van der Waals surface area contributed by atoms with Crippen LogP contribution in [-0.2, 0) is 6.42 Å². The lowest BCUT2D eigenvalue weighted by molar-refractivity contribution is 1.08. The fourth-order valence-electron chi connectivity index (χ4n) is 1.82. The molecule has 0 unspecified atom stereocenters. The van der Waals surface area contributed by atoms with Gasteiger partial charge in [-0.2, -0.15) is 0 Å². The highest BCUT2D eigenvalue weighted by Crippen LogP contribution is 2.20. The maximum absolute atomic E-state index is 4.03. The van der Waals surface area contributed by atoms with E-state index in [0.29, 0.717) is 0 Å². The topological polar surface area (TPSA) is 16.1 Å². The molecule has 1 heterocycles. The molecule has 0 saturated heterocycles. The lowest BCUT2D eigenvalue weighted by atomic mass is 10.0. The van der Waals surface area contributed by atoms with Crippen LogP contribution in [0.15, 0.2) is 48.8 Å². The monoisotopic (exact) mass is 212 g/mol. The summed E-state index contributed by atoms with van der Waals surface area (Å²) in [5.74, 6) is 0. The lowest BCUT2D eigenvalue weighted by Gasteiger charge is -2.17. The minimum atomic E-state index is 0.955. The quantitative estimate of drug-likeness (QED) is 0.777. The molecule has 2 aromatic rings. The van der Waals surface area contributed by atoms with E-state index in [4.69, 9.17) is 0 Å². The minimum Gasteiger partial charge on any atom is -0.377 e. The smallest absolute Gasteiger partial charge is 0.0396 e. The van der Waals surface area contributed by atoms with Crippen molar-refractivity contribution in [1.29, 1.82) is 0 Å². The Hall–Kier alpha value is -1.83. The van der Waals surface area contributed by atoms with E-state index in [-0.39, 0.29) is 0 Å². The normalized spacial score (nSPS) is 10.1. The molecule has 0 aliphatic heterocycles. The predicted molar refractivity (Wildman–Crippen MR) is 67.8 cm³/mol. The van der Waals surface area contributed by atoms with E-state index in [0.717, 1.165) is 6.42 Å². The van der Waals surface area contributed by atoms with Crippen molar-refractivity contribution in [2.45, 2.75) is 6.42 Å². The summed E-state index contributed by atoms with van der Waals surface area (Å²) in [6.45, 7) is 0. The van der Waals surface area contributed by atoms with Crippen LogP contribution in [0.2, 0.25) is 0 Å². The molecule has 2 rings (SSSR count). The van der Waals surface area contributed by atoms with E-state index in [1.54, 1.807) is 0 Å². The first kappa shape index (κ1) is 10.7. The number of anilines is 1. The van der Waals surface area contributed by atoms with Gasteiger partial charge < -0.3 is 4.90 Å². The van der Waals surface area contributed by atoms with Crippen molar-refractivity contribution in [2.24, 2.45) is 0 Å². The van der Waals surface area contributed by atoms with E-state index in [2.05, 4.69) is 60.4 Å². The lowest BCUT2D eigenvalue weighted by Crippen LogP contribution is -2.11. The maximum Gasteiger partial charge on any atom is 0.0396 e. The molecule has 82 valence electrons. The third kappa shape index (κ3) is 2.40. The first-order chi connectivity index (χ1) is 7.77. The Kier molecular flexibility index (Phi) is 3.20. The van der Waals surface area contributed by atoms with Crippen LogP contribution in [0.4, 0.5) is 5.69 Å². The zero-order valence-electron chi connectivity index (χ0n) is 9.72. The first-order valence-electron chi connectivity index (χ1n) is 5.41. The van der Waals surface area contributed by atoms with Gasteiger partial charge in [-0.25, -0.2) is 0 Å². The first-order valence-corrected chi connectivity index (χ1v) is 5.41. The van der Waals surface area contributed by atoms with Gasteiger partial charge in [0.2, 0.25) is 0 Å². The van der Waals surface area contributed by atoms with Crippen LogP contribution in [-0.4, -0.2) is 19.1 Å². The van der Waals surface area contributed by atoms with Crippen molar-refractivity contribution >= 4 is 5.69 Å². The van der Waals surface area contributed by atoms with Gasteiger partial charge in [0, 0.05) is 32.2 Å². The molecule has 0 spiro atoms. The van der Waals surface area contributed by atoms with Crippen molar-refractivity contribution in [3.05, 3.63) is 59.9 Å². The van der Waals surface area contributed by atoms with Gasteiger partial charge in [-0.1, -0.05) is 18.2 Å². The van der Waals surface area contributed by atoms with Crippen molar-refractivity contribution in [2.75, 3.05) is 19.0 Å². The van der Waals surface area contributed by atoms with Gasteiger partial charge in [0.25, 0.3) is 0 Å². The second kappa shape index (κ2) is 4.79. The molecule has 0 amide bonds. The van der Waals surface area contributed by atoms with Gasteiger partial charge >= 0.3 is 0 Å². The van der Waals surface area contributed by atoms with Crippen molar-refractivity contribution in [3.63, 3.8) is 0 Å². The molecule has 2 nitrogen and oxygen atoms in total. The highest BCUT2D eigenvalue weighted by atomic mass is 15.1. The van der Waals surface area contributed by atoms with Crippen LogP contribution in [0.3, 0.4) is 0 Å².